The Hall–Kier alpha value is -2.23. The highest BCUT2D eigenvalue weighted by Crippen LogP contribution is 2.34. The number of fused-ring (bicyclic) bond motifs is 1. The van der Waals surface area contributed by atoms with Crippen molar-refractivity contribution in [2.45, 2.75) is 40.5 Å². The second kappa shape index (κ2) is 10.6. The van der Waals surface area contributed by atoms with Crippen LogP contribution in [0.15, 0.2) is 28.0 Å². The Morgan fingerprint density at radius 3 is 2.68 bits per heavy atom. The first-order valence-corrected chi connectivity index (χ1v) is 13.1. The van der Waals surface area contributed by atoms with Gasteiger partial charge in [0.25, 0.3) is 11.5 Å². The average molecular weight is 501 g/mol. The number of piperidine rings is 1. The number of carbonyl (C=O) groups is 1. The van der Waals surface area contributed by atoms with E-state index in [0.29, 0.717) is 64.3 Å². The molecule has 0 radical (unpaired) electrons. The molecule has 182 valence electrons. The van der Waals surface area contributed by atoms with Crippen LogP contribution in [0.1, 0.15) is 44.7 Å². The molecule has 2 atom stereocenters. The summed E-state index contributed by atoms with van der Waals surface area (Å²) in [6, 6.07) is 3.83. The van der Waals surface area contributed by atoms with Crippen LogP contribution in [0.5, 0.6) is 0 Å². The second-order valence-electron chi connectivity index (χ2n) is 9.32. The van der Waals surface area contributed by atoms with E-state index < -0.39 is 0 Å². The maximum Gasteiger partial charge on any atom is 0.267 e. The van der Waals surface area contributed by atoms with E-state index in [4.69, 9.17) is 21.9 Å². The standard InChI is InChI=1S/C25H32N4O3S2/c1-5-32-10-6-9-28-24(31)20(34-25(28)33)12-19-22(27-13-17(3)11-18(4)14-27)26-21-8-7-16(2)15-29(21)23(19)30/h7-8,12,15,17-18H,5-6,9-11,13-14H2,1-4H3/b20-12+. The van der Waals surface area contributed by atoms with E-state index in [0.717, 1.165) is 25.1 Å². The topological polar surface area (TPSA) is 67.2 Å². The fourth-order valence-corrected chi connectivity index (χ4v) is 6.03. The van der Waals surface area contributed by atoms with E-state index in [1.165, 1.54) is 11.8 Å². The fraction of sp³-hybridized carbons (Fsp3) is 0.520. The summed E-state index contributed by atoms with van der Waals surface area (Å²) in [6.07, 6.45) is 5.36. The molecule has 4 rings (SSSR count). The molecule has 0 bridgehead atoms. The Labute approximate surface area is 210 Å². The van der Waals surface area contributed by atoms with Crippen molar-refractivity contribution in [2.75, 3.05) is 37.7 Å². The Balaban J connectivity index is 1.75. The minimum Gasteiger partial charge on any atom is -0.382 e. The first-order chi connectivity index (χ1) is 16.3. The van der Waals surface area contributed by atoms with Crippen LogP contribution >= 0.6 is 24.0 Å². The van der Waals surface area contributed by atoms with Gasteiger partial charge in [-0.2, -0.15) is 0 Å². The zero-order valence-corrected chi connectivity index (χ0v) is 21.9. The number of ether oxygens (including phenoxy) is 1. The molecule has 2 saturated heterocycles. The second-order valence-corrected chi connectivity index (χ2v) is 11.0. The van der Waals surface area contributed by atoms with Gasteiger partial charge in [-0.1, -0.05) is 43.9 Å². The lowest BCUT2D eigenvalue weighted by molar-refractivity contribution is -0.122. The number of thioether (sulfide) groups is 1. The van der Waals surface area contributed by atoms with Crippen LogP contribution in [0.3, 0.4) is 0 Å². The van der Waals surface area contributed by atoms with Crippen LogP contribution in [0.2, 0.25) is 0 Å². The molecule has 2 aliphatic rings. The minimum absolute atomic E-state index is 0.161. The first kappa shape index (κ1) is 24.9. The maximum atomic E-state index is 13.7. The summed E-state index contributed by atoms with van der Waals surface area (Å²) in [5.41, 5.74) is 1.85. The van der Waals surface area contributed by atoms with Gasteiger partial charge in [-0.15, -0.1) is 0 Å². The molecule has 4 heterocycles. The van der Waals surface area contributed by atoms with Gasteiger partial charge >= 0.3 is 0 Å². The highest BCUT2D eigenvalue weighted by Gasteiger charge is 2.33. The van der Waals surface area contributed by atoms with Crippen LogP contribution in [-0.2, 0) is 9.53 Å². The molecule has 2 fully saturated rings. The van der Waals surface area contributed by atoms with E-state index in [-0.39, 0.29) is 11.5 Å². The normalized spacial score (nSPS) is 22.4. The quantitative estimate of drug-likeness (QED) is 0.322. The highest BCUT2D eigenvalue weighted by atomic mass is 32.2. The molecule has 2 aliphatic heterocycles. The molecule has 0 saturated carbocycles. The summed E-state index contributed by atoms with van der Waals surface area (Å²) in [5.74, 6) is 1.48. The number of hydrogen-bond acceptors (Lipinski definition) is 7. The Morgan fingerprint density at radius 1 is 1.24 bits per heavy atom. The van der Waals surface area contributed by atoms with Crippen molar-refractivity contribution in [1.29, 1.82) is 0 Å². The summed E-state index contributed by atoms with van der Waals surface area (Å²) in [7, 11) is 0. The molecular formula is C25H32N4O3S2. The van der Waals surface area contributed by atoms with Gasteiger partial charge in [-0.05, 0) is 56.2 Å². The highest BCUT2D eigenvalue weighted by molar-refractivity contribution is 8.26. The van der Waals surface area contributed by atoms with Crippen molar-refractivity contribution in [3.63, 3.8) is 0 Å². The number of anilines is 1. The van der Waals surface area contributed by atoms with Gasteiger partial charge in [0.05, 0.1) is 10.5 Å². The van der Waals surface area contributed by atoms with Crippen molar-refractivity contribution in [3.05, 3.63) is 44.7 Å². The van der Waals surface area contributed by atoms with Crippen LogP contribution in [0.25, 0.3) is 11.7 Å². The number of rotatable bonds is 7. The predicted molar refractivity (Wildman–Crippen MR) is 142 cm³/mol. The van der Waals surface area contributed by atoms with Crippen molar-refractivity contribution in [3.8, 4) is 0 Å². The maximum absolute atomic E-state index is 13.7. The van der Waals surface area contributed by atoms with E-state index in [1.807, 2.05) is 26.0 Å². The third-order valence-corrected chi connectivity index (χ3v) is 7.56. The number of aryl methyl sites for hydroxylation is 1. The molecule has 2 aromatic heterocycles. The van der Waals surface area contributed by atoms with Crippen LogP contribution < -0.4 is 10.5 Å². The minimum atomic E-state index is -0.170. The van der Waals surface area contributed by atoms with E-state index in [1.54, 1.807) is 21.6 Å². The Bertz CT molecular complexity index is 1180. The van der Waals surface area contributed by atoms with Crippen molar-refractivity contribution >= 4 is 51.7 Å². The van der Waals surface area contributed by atoms with Crippen LogP contribution in [0, 0.1) is 18.8 Å². The fourth-order valence-electron chi connectivity index (χ4n) is 4.74. The molecule has 1 amide bonds. The smallest absolute Gasteiger partial charge is 0.267 e. The van der Waals surface area contributed by atoms with Gasteiger partial charge in [0, 0.05) is 39.0 Å². The number of nitrogens with zero attached hydrogens (tertiary/aromatic N) is 4. The van der Waals surface area contributed by atoms with Gasteiger partial charge in [-0.25, -0.2) is 4.98 Å². The third-order valence-electron chi connectivity index (χ3n) is 6.18. The summed E-state index contributed by atoms with van der Waals surface area (Å²) in [6.45, 7) is 11.7. The molecule has 2 unspecified atom stereocenters. The monoisotopic (exact) mass is 500 g/mol. The van der Waals surface area contributed by atoms with Crippen molar-refractivity contribution < 1.29 is 9.53 Å². The lowest BCUT2D eigenvalue weighted by Crippen LogP contribution is -2.40. The van der Waals surface area contributed by atoms with Crippen molar-refractivity contribution in [1.82, 2.24) is 14.3 Å². The Kier molecular flexibility index (Phi) is 7.74. The van der Waals surface area contributed by atoms with Gasteiger partial charge in [0.2, 0.25) is 0 Å². The summed E-state index contributed by atoms with van der Waals surface area (Å²) in [5, 5.41) is 0. The van der Waals surface area contributed by atoms with Gasteiger partial charge < -0.3 is 9.64 Å². The van der Waals surface area contributed by atoms with Crippen molar-refractivity contribution in [2.24, 2.45) is 11.8 Å². The molecule has 7 nitrogen and oxygen atoms in total. The zero-order valence-electron chi connectivity index (χ0n) is 20.2. The molecule has 2 aromatic rings. The lowest BCUT2D eigenvalue weighted by Gasteiger charge is -2.36. The molecule has 0 aliphatic carbocycles. The molecule has 0 spiro atoms. The first-order valence-electron chi connectivity index (χ1n) is 11.9. The largest absolute Gasteiger partial charge is 0.382 e. The van der Waals surface area contributed by atoms with Crippen LogP contribution in [-0.4, -0.2) is 57.4 Å². The molecule has 34 heavy (non-hydrogen) atoms. The number of amides is 1. The van der Waals surface area contributed by atoms with Gasteiger partial charge in [0.15, 0.2) is 0 Å². The number of hydrogen-bond donors (Lipinski definition) is 0. The van der Waals surface area contributed by atoms with Crippen LogP contribution in [0.4, 0.5) is 5.82 Å². The molecule has 0 aromatic carbocycles. The van der Waals surface area contributed by atoms with E-state index in [2.05, 4.69) is 18.7 Å². The summed E-state index contributed by atoms with van der Waals surface area (Å²) in [4.78, 5) is 36.0. The van der Waals surface area contributed by atoms with E-state index in [9.17, 15) is 9.59 Å². The SMILES string of the molecule is CCOCCCN1C(=O)/C(=C\c2c(N3CC(C)CC(C)C3)nc3ccc(C)cn3c2=O)SC1=S. The Morgan fingerprint density at radius 2 is 1.97 bits per heavy atom. The molecule has 9 heteroatoms. The molecule has 0 N–H and O–H groups in total. The summed E-state index contributed by atoms with van der Waals surface area (Å²) < 4.78 is 7.48. The summed E-state index contributed by atoms with van der Waals surface area (Å²) >= 11 is 6.73. The third kappa shape index (κ3) is 5.21. The number of pyridine rings is 1. The lowest BCUT2D eigenvalue weighted by atomic mass is 9.91. The zero-order chi connectivity index (χ0) is 24.4. The van der Waals surface area contributed by atoms with Gasteiger partial charge in [0.1, 0.15) is 15.8 Å². The molecular weight excluding hydrogens is 468 g/mol. The number of thiocarbonyl (C=S) groups is 1. The van der Waals surface area contributed by atoms with E-state index >= 15 is 0 Å². The number of aromatic nitrogens is 2. The average Bonchev–Trinajstić information content (AvgIpc) is 3.05. The predicted octanol–water partition coefficient (Wildman–Crippen LogP) is 4.11. The number of carbonyl (C=O) groups excluding carboxylic acids is 1. The van der Waals surface area contributed by atoms with Gasteiger partial charge in [-0.3, -0.25) is 18.9 Å².